The summed E-state index contributed by atoms with van der Waals surface area (Å²) >= 11 is 0. The topological polar surface area (TPSA) is 20.3 Å². The van der Waals surface area contributed by atoms with E-state index in [0.29, 0.717) is 0 Å². The molecule has 0 aliphatic heterocycles. The number of anilines is 3. The molecule has 0 radical (unpaired) electrons. The summed E-state index contributed by atoms with van der Waals surface area (Å²) in [6, 6.07) is 37.0. The van der Waals surface area contributed by atoms with Crippen LogP contribution in [0.1, 0.15) is 17.3 Å². The van der Waals surface area contributed by atoms with Crippen molar-refractivity contribution in [2.45, 2.75) is 6.92 Å². The van der Waals surface area contributed by atoms with E-state index in [1.807, 2.05) is 36.4 Å². The van der Waals surface area contributed by atoms with Gasteiger partial charge in [-0.05, 0) is 54.4 Å². The fourth-order valence-corrected chi connectivity index (χ4v) is 3.30. The van der Waals surface area contributed by atoms with Gasteiger partial charge >= 0.3 is 0 Å². The van der Waals surface area contributed by atoms with Crippen LogP contribution in [-0.4, -0.2) is 5.78 Å². The highest BCUT2D eigenvalue weighted by Crippen LogP contribution is 2.35. The zero-order valence-electron chi connectivity index (χ0n) is 15.7. The lowest BCUT2D eigenvalue weighted by Crippen LogP contribution is -2.09. The summed E-state index contributed by atoms with van der Waals surface area (Å²) in [5.41, 5.74) is 6.29. The summed E-state index contributed by atoms with van der Waals surface area (Å²) in [6.07, 6.45) is 0. The lowest BCUT2D eigenvalue weighted by Gasteiger charge is -2.25. The molecule has 4 aromatic carbocycles. The van der Waals surface area contributed by atoms with E-state index in [9.17, 15) is 4.79 Å². The normalized spacial score (nSPS) is 10.5. The van der Waals surface area contributed by atoms with Gasteiger partial charge in [0.05, 0.1) is 0 Å². The molecule has 2 nitrogen and oxygen atoms in total. The van der Waals surface area contributed by atoms with Crippen molar-refractivity contribution >= 4 is 22.8 Å². The maximum Gasteiger partial charge on any atom is 0.159 e. The van der Waals surface area contributed by atoms with Crippen LogP contribution in [0, 0.1) is 0 Å². The molecule has 136 valence electrons. The predicted octanol–water partition coefficient (Wildman–Crippen LogP) is 7.03. The minimum Gasteiger partial charge on any atom is -0.311 e. The molecule has 0 fully saturated rings. The fourth-order valence-electron chi connectivity index (χ4n) is 3.30. The lowest BCUT2D eigenvalue weighted by atomic mass is 10.0. The van der Waals surface area contributed by atoms with Crippen LogP contribution >= 0.6 is 0 Å². The predicted molar refractivity (Wildman–Crippen MR) is 117 cm³/mol. The molecule has 0 aliphatic rings. The van der Waals surface area contributed by atoms with Crippen LogP contribution in [0.25, 0.3) is 11.1 Å². The van der Waals surface area contributed by atoms with Crippen molar-refractivity contribution in [3.05, 3.63) is 115 Å². The van der Waals surface area contributed by atoms with Gasteiger partial charge in [0, 0.05) is 22.6 Å². The Morgan fingerprint density at radius 3 is 1.36 bits per heavy atom. The number of nitrogens with zero attached hydrogens (tertiary/aromatic N) is 1. The van der Waals surface area contributed by atoms with E-state index in [1.54, 1.807) is 6.92 Å². The van der Waals surface area contributed by atoms with Crippen LogP contribution in [0.5, 0.6) is 0 Å². The monoisotopic (exact) mass is 363 g/mol. The average molecular weight is 363 g/mol. The van der Waals surface area contributed by atoms with Crippen LogP contribution in [0.3, 0.4) is 0 Å². The fraction of sp³-hybridized carbons (Fsp3) is 0.0385. The second kappa shape index (κ2) is 7.93. The Bertz CT molecular complexity index is 1010. The number of benzene rings is 4. The molecule has 0 saturated carbocycles. The van der Waals surface area contributed by atoms with Crippen molar-refractivity contribution in [1.29, 1.82) is 0 Å². The minimum absolute atomic E-state index is 0.0864. The number of hydrogen-bond donors (Lipinski definition) is 0. The molecule has 0 spiro atoms. The molecule has 4 aromatic rings. The Balaban J connectivity index is 1.69. The zero-order chi connectivity index (χ0) is 19.3. The first-order valence-corrected chi connectivity index (χ1v) is 9.34. The van der Waals surface area contributed by atoms with Crippen LogP contribution in [0.4, 0.5) is 17.1 Å². The van der Waals surface area contributed by atoms with Gasteiger partial charge in [0.2, 0.25) is 0 Å². The van der Waals surface area contributed by atoms with Gasteiger partial charge in [0.1, 0.15) is 0 Å². The zero-order valence-corrected chi connectivity index (χ0v) is 15.7. The van der Waals surface area contributed by atoms with Gasteiger partial charge < -0.3 is 4.90 Å². The molecule has 0 saturated heterocycles. The quantitative estimate of drug-likeness (QED) is 0.355. The third-order valence-corrected chi connectivity index (χ3v) is 4.78. The summed E-state index contributed by atoms with van der Waals surface area (Å²) in [5.74, 6) is 0.0864. The standard InChI is InChI=1S/C26H21NO/c1-20(28)21-12-14-22(15-13-21)23-16-18-26(19-17-23)27(24-8-4-2-5-9-24)25-10-6-3-7-11-25/h2-19H,1H3. The SMILES string of the molecule is CC(=O)c1ccc(-c2ccc(N(c3ccccc3)c3ccccc3)cc2)cc1. The third kappa shape index (κ3) is 3.72. The number of para-hydroxylation sites is 2. The first kappa shape index (κ1) is 17.7. The number of rotatable bonds is 5. The van der Waals surface area contributed by atoms with Gasteiger partial charge in [0.15, 0.2) is 5.78 Å². The van der Waals surface area contributed by atoms with E-state index in [0.717, 1.165) is 33.8 Å². The van der Waals surface area contributed by atoms with Crippen LogP contribution in [-0.2, 0) is 0 Å². The van der Waals surface area contributed by atoms with Crippen molar-refractivity contribution in [2.24, 2.45) is 0 Å². The number of carbonyl (C=O) groups excluding carboxylic acids is 1. The number of Topliss-reactive ketones (excluding diaryl/α,β-unsaturated/α-hetero) is 1. The van der Waals surface area contributed by atoms with Gasteiger partial charge in [-0.3, -0.25) is 4.79 Å². The Morgan fingerprint density at radius 1 is 0.536 bits per heavy atom. The summed E-state index contributed by atoms with van der Waals surface area (Å²) in [5, 5.41) is 0. The largest absolute Gasteiger partial charge is 0.311 e. The van der Waals surface area contributed by atoms with Gasteiger partial charge in [-0.25, -0.2) is 0 Å². The number of ketones is 1. The van der Waals surface area contributed by atoms with Crippen molar-refractivity contribution in [2.75, 3.05) is 4.90 Å². The maximum absolute atomic E-state index is 11.5. The van der Waals surface area contributed by atoms with E-state index >= 15 is 0 Å². The van der Waals surface area contributed by atoms with E-state index in [2.05, 4.69) is 77.7 Å². The Labute approximate surface area is 165 Å². The highest BCUT2D eigenvalue weighted by atomic mass is 16.1. The van der Waals surface area contributed by atoms with Crippen molar-refractivity contribution in [1.82, 2.24) is 0 Å². The van der Waals surface area contributed by atoms with Gasteiger partial charge in [-0.1, -0.05) is 72.8 Å². The van der Waals surface area contributed by atoms with Crippen molar-refractivity contribution in [3.8, 4) is 11.1 Å². The molecule has 0 aliphatic carbocycles. The Hall–Kier alpha value is -3.65. The van der Waals surface area contributed by atoms with Crippen molar-refractivity contribution in [3.63, 3.8) is 0 Å². The molecule has 28 heavy (non-hydrogen) atoms. The first-order valence-electron chi connectivity index (χ1n) is 9.34. The van der Waals surface area contributed by atoms with Crippen molar-refractivity contribution < 1.29 is 4.79 Å². The molecule has 0 heterocycles. The number of hydrogen-bond acceptors (Lipinski definition) is 2. The smallest absolute Gasteiger partial charge is 0.159 e. The second-order valence-electron chi connectivity index (χ2n) is 6.69. The van der Waals surface area contributed by atoms with Gasteiger partial charge in [-0.2, -0.15) is 0 Å². The highest BCUT2D eigenvalue weighted by Gasteiger charge is 2.11. The maximum atomic E-state index is 11.5. The van der Waals surface area contributed by atoms with Crippen LogP contribution in [0.15, 0.2) is 109 Å². The van der Waals surface area contributed by atoms with Crippen LogP contribution < -0.4 is 4.90 Å². The molecule has 0 N–H and O–H groups in total. The van der Waals surface area contributed by atoms with Gasteiger partial charge in [-0.15, -0.1) is 0 Å². The Morgan fingerprint density at radius 2 is 0.929 bits per heavy atom. The molecular formula is C26H21NO. The lowest BCUT2D eigenvalue weighted by molar-refractivity contribution is 0.101. The van der Waals surface area contributed by atoms with Crippen LogP contribution in [0.2, 0.25) is 0 Å². The molecule has 0 bridgehead atoms. The van der Waals surface area contributed by atoms with E-state index in [-0.39, 0.29) is 5.78 Å². The van der Waals surface area contributed by atoms with E-state index in [4.69, 9.17) is 0 Å². The molecule has 0 aromatic heterocycles. The molecular weight excluding hydrogens is 342 g/mol. The second-order valence-corrected chi connectivity index (χ2v) is 6.69. The first-order chi connectivity index (χ1) is 13.7. The summed E-state index contributed by atoms with van der Waals surface area (Å²) in [7, 11) is 0. The van der Waals surface area contributed by atoms with Gasteiger partial charge in [0.25, 0.3) is 0 Å². The highest BCUT2D eigenvalue weighted by molar-refractivity contribution is 5.94. The average Bonchev–Trinajstić information content (AvgIpc) is 2.76. The van der Waals surface area contributed by atoms with E-state index < -0.39 is 0 Å². The Kier molecular flexibility index (Phi) is 5.03. The molecule has 0 unspecified atom stereocenters. The summed E-state index contributed by atoms with van der Waals surface area (Å²) in [6.45, 7) is 1.59. The summed E-state index contributed by atoms with van der Waals surface area (Å²) < 4.78 is 0. The van der Waals surface area contributed by atoms with E-state index in [1.165, 1.54) is 0 Å². The molecule has 0 atom stereocenters. The summed E-state index contributed by atoms with van der Waals surface area (Å²) in [4.78, 5) is 13.7. The third-order valence-electron chi connectivity index (χ3n) is 4.78. The minimum atomic E-state index is 0.0864. The molecule has 4 rings (SSSR count). The molecule has 2 heteroatoms. The molecule has 0 amide bonds. The number of carbonyl (C=O) groups is 1.